The third-order valence-corrected chi connectivity index (χ3v) is 7.20. The molecule has 7 heteroatoms. The average molecular weight is 478 g/mol. The Morgan fingerprint density at radius 3 is 2.56 bits per heavy atom. The van der Waals surface area contributed by atoms with Crippen LogP contribution in [0.1, 0.15) is 17.5 Å². The van der Waals surface area contributed by atoms with Gasteiger partial charge in [-0.3, -0.25) is 14.3 Å². The third-order valence-electron chi connectivity index (χ3n) is 7.20. The second kappa shape index (κ2) is 9.40. The first-order valence-corrected chi connectivity index (χ1v) is 12.4. The van der Waals surface area contributed by atoms with Gasteiger partial charge in [0.2, 0.25) is 0 Å². The Morgan fingerprint density at radius 1 is 0.944 bits per heavy atom. The molecule has 0 amide bonds. The van der Waals surface area contributed by atoms with Crippen LogP contribution in [0.15, 0.2) is 82.5 Å². The summed E-state index contributed by atoms with van der Waals surface area (Å²) >= 11 is 0. The van der Waals surface area contributed by atoms with E-state index in [0.29, 0.717) is 16.5 Å². The van der Waals surface area contributed by atoms with E-state index in [1.54, 1.807) is 23.1 Å². The first-order chi connectivity index (χ1) is 17.7. The number of furan rings is 1. The van der Waals surface area contributed by atoms with Crippen molar-refractivity contribution in [1.29, 1.82) is 5.26 Å². The Labute approximate surface area is 208 Å². The standard InChI is InChI=1S/C29H27N5O2/c30-19-21-3-8-27-26(18-21)22(20-31-27)2-1-11-32-13-15-33(16-14-32)23-4-6-24(7-5-23)34-12-9-28-25(29(34)35)10-17-36-28/h3-10,12,17-18,20,31H,1-2,11,13-16H2. The molecule has 0 radical (unpaired) electrons. The SMILES string of the molecule is N#Cc1ccc2[nH]cc(CCCN3CCN(c4ccc(-n5ccc6occc6c5=O)cc4)CC3)c2c1. The van der Waals surface area contributed by atoms with Crippen molar-refractivity contribution >= 4 is 27.6 Å². The Kier molecular flexibility index (Phi) is 5.80. The van der Waals surface area contributed by atoms with E-state index in [2.05, 4.69) is 39.2 Å². The van der Waals surface area contributed by atoms with Crippen LogP contribution in [-0.4, -0.2) is 47.2 Å². The number of fused-ring (bicyclic) bond motifs is 2. The zero-order valence-electron chi connectivity index (χ0n) is 20.0. The number of H-pyrrole nitrogens is 1. The van der Waals surface area contributed by atoms with Crippen molar-refractivity contribution < 1.29 is 4.42 Å². The molecule has 0 bridgehead atoms. The second-order valence-electron chi connectivity index (χ2n) is 9.32. The number of benzene rings is 2. The molecule has 1 saturated heterocycles. The molecular weight excluding hydrogens is 450 g/mol. The maximum Gasteiger partial charge on any atom is 0.266 e. The van der Waals surface area contributed by atoms with Gasteiger partial charge in [-0.25, -0.2) is 0 Å². The highest BCUT2D eigenvalue weighted by molar-refractivity contribution is 5.84. The smallest absolute Gasteiger partial charge is 0.266 e. The van der Waals surface area contributed by atoms with Crippen LogP contribution >= 0.6 is 0 Å². The summed E-state index contributed by atoms with van der Waals surface area (Å²) in [7, 11) is 0. The van der Waals surface area contributed by atoms with Crippen LogP contribution in [0.25, 0.3) is 27.6 Å². The quantitative estimate of drug-likeness (QED) is 0.384. The summed E-state index contributed by atoms with van der Waals surface area (Å²) in [4.78, 5) is 21.0. The van der Waals surface area contributed by atoms with Crippen LogP contribution in [0.3, 0.4) is 0 Å². The van der Waals surface area contributed by atoms with Gasteiger partial charge in [-0.15, -0.1) is 0 Å². The molecule has 36 heavy (non-hydrogen) atoms. The summed E-state index contributed by atoms with van der Waals surface area (Å²) < 4.78 is 6.99. The molecule has 0 atom stereocenters. The minimum atomic E-state index is -0.0687. The highest BCUT2D eigenvalue weighted by atomic mass is 16.3. The minimum absolute atomic E-state index is 0.0687. The number of rotatable bonds is 6. The maximum atomic E-state index is 12.7. The molecule has 3 aromatic heterocycles. The summed E-state index contributed by atoms with van der Waals surface area (Å²) in [5.74, 6) is 0. The van der Waals surface area contributed by atoms with E-state index in [1.807, 2.05) is 36.4 Å². The number of anilines is 1. The Balaban J connectivity index is 1.04. The Morgan fingerprint density at radius 2 is 1.75 bits per heavy atom. The number of nitrogens with zero attached hydrogens (tertiary/aromatic N) is 4. The molecule has 1 aliphatic rings. The molecule has 1 aliphatic heterocycles. The van der Waals surface area contributed by atoms with Gasteiger partial charge in [0.15, 0.2) is 0 Å². The number of piperazine rings is 1. The summed E-state index contributed by atoms with van der Waals surface area (Å²) in [6.45, 7) is 5.10. The van der Waals surface area contributed by atoms with Crippen LogP contribution < -0.4 is 10.5 Å². The number of nitrogens with one attached hydrogen (secondary N) is 1. The molecule has 6 rings (SSSR count). The van der Waals surface area contributed by atoms with E-state index in [4.69, 9.17) is 4.42 Å². The molecule has 0 aliphatic carbocycles. The highest BCUT2D eigenvalue weighted by Gasteiger charge is 2.17. The van der Waals surface area contributed by atoms with Crippen LogP contribution in [-0.2, 0) is 6.42 Å². The fourth-order valence-corrected chi connectivity index (χ4v) is 5.17. The van der Waals surface area contributed by atoms with E-state index in [9.17, 15) is 10.1 Å². The van der Waals surface area contributed by atoms with Gasteiger partial charge >= 0.3 is 0 Å². The van der Waals surface area contributed by atoms with Crippen molar-refractivity contribution in [3.8, 4) is 11.8 Å². The predicted octanol–water partition coefficient (Wildman–Crippen LogP) is 4.69. The third kappa shape index (κ3) is 4.16. The lowest BCUT2D eigenvalue weighted by atomic mass is 10.1. The van der Waals surface area contributed by atoms with E-state index in [0.717, 1.165) is 62.2 Å². The van der Waals surface area contributed by atoms with Gasteiger partial charge in [0.1, 0.15) is 5.58 Å². The van der Waals surface area contributed by atoms with Crippen molar-refractivity contribution in [3.63, 3.8) is 0 Å². The van der Waals surface area contributed by atoms with Gasteiger partial charge in [-0.2, -0.15) is 5.26 Å². The monoisotopic (exact) mass is 477 g/mol. The lowest BCUT2D eigenvalue weighted by Gasteiger charge is -2.36. The van der Waals surface area contributed by atoms with Gasteiger partial charge in [-0.05, 0) is 79.5 Å². The molecule has 0 saturated carbocycles. The van der Waals surface area contributed by atoms with E-state index in [-0.39, 0.29) is 5.56 Å². The molecule has 0 unspecified atom stereocenters. The molecule has 180 valence electrons. The lowest BCUT2D eigenvalue weighted by molar-refractivity contribution is 0.255. The molecule has 4 heterocycles. The molecule has 1 fully saturated rings. The molecule has 5 aromatic rings. The first kappa shape index (κ1) is 22.2. The van der Waals surface area contributed by atoms with E-state index < -0.39 is 0 Å². The number of aryl methyl sites for hydroxylation is 1. The zero-order chi connectivity index (χ0) is 24.5. The normalized spacial score (nSPS) is 14.5. The van der Waals surface area contributed by atoms with Crippen molar-refractivity contribution in [2.45, 2.75) is 12.8 Å². The molecule has 1 N–H and O–H groups in total. The number of hydrogen-bond donors (Lipinski definition) is 1. The maximum absolute atomic E-state index is 12.7. The number of hydrogen-bond acceptors (Lipinski definition) is 5. The summed E-state index contributed by atoms with van der Waals surface area (Å²) in [6.07, 6.45) is 7.48. The summed E-state index contributed by atoms with van der Waals surface area (Å²) in [6, 6.07) is 19.8. The largest absolute Gasteiger partial charge is 0.464 e. The number of aromatic nitrogens is 2. The zero-order valence-corrected chi connectivity index (χ0v) is 20.0. The van der Waals surface area contributed by atoms with Crippen LogP contribution in [0.4, 0.5) is 5.69 Å². The predicted molar refractivity (Wildman–Crippen MR) is 142 cm³/mol. The van der Waals surface area contributed by atoms with E-state index in [1.165, 1.54) is 11.3 Å². The van der Waals surface area contributed by atoms with Crippen molar-refractivity contribution in [3.05, 3.63) is 94.7 Å². The van der Waals surface area contributed by atoms with Gasteiger partial charge < -0.3 is 14.3 Å². The van der Waals surface area contributed by atoms with Gasteiger partial charge in [0.05, 0.1) is 23.3 Å². The average Bonchev–Trinajstić information content (AvgIpc) is 3.57. The van der Waals surface area contributed by atoms with Crippen molar-refractivity contribution in [2.75, 3.05) is 37.6 Å². The number of aromatic amines is 1. The summed E-state index contributed by atoms with van der Waals surface area (Å²) in [5, 5.41) is 10.9. The number of pyridine rings is 1. The van der Waals surface area contributed by atoms with Gasteiger partial charge in [-0.1, -0.05) is 0 Å². The van der Waals surface area contributed by atoms with E-state index >= 15 is 0 Å². The number of nitriles is 1. The summed E-state index contributed by atoms with van der Waals surface area (Å²) in [5.41, 5.74) is 5.66. The fourth-order valence-electron chi connectivity index (χ4n) is 5.17. The first-order valence-electron chi connectivity index (χ1n) is 12.4. The Bertz CT molecular complexity index is 1610. The fraction of sp³-hybridized carbons (Fsp3) is 0.241. The second-order valence-corrected chi connectivity index (χ2v) is 9.32. The Hall–Kier alpha value is -4.28. The molecular formula is C29H27N5O2. The van der Waals surface area contributed by atoms with Crippen molar-refractivity contribution in [2.24, 2.45) is 0 Å². The van der Waals surface area contributed by atoms with Crippen LogP contribution in [0, 0.1) is 11.3 Å². The van der Waals surface area contributed by atoms with Crippen LogP contribution in [0.5, 0.6) is 0 Å². The molecule has 2 aromatic carbocycles. The minimum Gasteiger partial charge on any atom is -0.464 e. The van der Waals surface area contributed by atoms with Crippen LogP contribution in [0.2, 0.25) is 0 Å². The highest BCUT2D eigenvalue weighted by Crippen LogP contribution is 2.22. The molecule has 7 nitrogen and oxygen atoms in total. The van der Waals surface area contributed by atoms with Crippen molar-refractivity contribution in [1.82, 2.24) is 14.5 Å². The van der Waals surface area contributed by atoms with Gasteiger partial charge in [0, 0.05) is 60.9 Å². The van der Waals surface area contributed by atoms with Gasteiger partial charge in [0.25, 0.3) is 5.56 Å². The molecule has 0 spiro atoms. The lowest BCUT2D eigenvalue weighted by Crippen LogP contribution is -2.46. The topological polar surface area (TPSA) is 81.2 Å².